The van der Waals surface area contributed by atoms with E-state index in [2.05, 4.69) is 9.47 Å². The molecule has 0 aliphatic heterocycles. The Morgan fingerprint density at radius 2 is 2.10 bits per heavy atom. The smallest absolute Gasteiger partial charge is 0.387 e. The summed E-state index contributed by atoms with van der Waals surface area (Å²) < 4.78 is 33.4. The molecule has 4 nitrogen and oxygen atoms in total. The number of carbonyl (C=O) groups excluding carboxylic acids is 1. The van der Waals surface area contributed by atoms with Crippen molar-refractivity contribution in [2.75, 3.05) is 12.9 Å². The number of benzene rings is 1. The minimum Gasteiger partial charge on any atom is -0.468 e. The predicted octanol–water partition coefficient (Wildman–Crippen LogP) is 2.41. The van der Waals surface area contributed by atoms with E-state index in [0.717, 1.165) is 0 Å². The van der Waals surface area contributed by atoms with Crippen molar-refractivity contribution in [3.05, 3.63) is 29.8 Å². The largest absolute Gasteiger partial charge is 0.468 e. The highest BCUT2D eigenvalue weighted by molar-refractivity contribution is 7.98. The van der Waals surface area contributed by atoms with Crippen LogP contribution in [0.2, 0.25) is 0 Å². The fraction of sp³-hybridized carbons (Fsp3) is 0.462. The number of rotatable bonds is 8. The van der Waals surface area contributed by atoms with E-state index in [1.165, 1.54) is 24.9 Å². The Morgan fingerprint density at radius 3 is 2.75 bits per heavy atom. The van der Waals surface area contributed by atoms with Gasteiger partial charge in [0.2, 0.25) is 0 Å². The van der Waals surface area contributed by atoms with Crippen LogP contribution in [0.25, 0.3) is 0 Å². The molecule has 0 heterocycles. The number of nitrogens with two attached hydrogens (primary N) is 1. The van der Waals surface area contributed by atoms with Gasteiger partial charge in [0.1, 0.15) is 11.8 Å². The number of hydrogen-bond acceptors (Lipinski definition) is 5. The van der Waals surface area contributed by atoms with Gasteiger partial charge in [-0.25, -0.2) is 0 Å². The van der Waals surface area contributed by atoms with E-state index >= 15 is 0 Å². The third-order valence-electron chi connectivity index (χ3n) is 2.52. The maximum Gasteiger partial charge on any atom is 0.387 e. The van der Waals surface area contributed by atoms with Crippen molar-refractivity contribution in [1.29, 1.82) is 0 Å². The zero-order valence-corrected chi connectivity index (χ0v) is 11.9. The summed E-state index contributed by atoms with van der Waals surface area (Å²) in [6.45, 7) is -2.84. The van der Waals surface area contributed by atoms with Crippen LogP contribution in [0, 0.1) is 0 Å². The fourth-order valence-electron chi connectivity index (χ4n) is 1.50. The molecule has 1 rings (SSSR count). The van der Waals surface area contributed by atoms with Gasteiger partial charge in [-0.2, -0.15) is 20.5 Å². The number of halogens is 2. The maximum absolute atomic E-state index is 12.2. The normalized spacial score (nSPS) is 12.2. The molecule has 1 atom stereocenters. The van der Waals surface area contributed by atoms with E-state index in [1.54, 1.807) is 18.2 Å². The molecule has 0 aliphatic rings. The molecular formula is C13H17F2NO3S. The van der Waals surface area contributed by atoms with Gasteiger partial charge < -0.3 is 15.2 Å². The second-order valence-corrected chi connectivity index (χ2v) is 5.06. The zero-order valence-electron chi connectivity index (χ0n) is 11.1. The van der Waals surface area contributed by atoms with Crippen LogP contribution < -0.4 is 10.5 Å². The number of thioether (sulfide) groups is 1. The van der Waals surface area contributed by atoms with Crippen molar-refractivity contribution in [2.24, 2.45) is 5.73 Å². The van der Waals surface area contributed by atoms with Crippen LogP contribution in [0.4, 0.5) is 8.78 Å². The molecule has 0 spiro atoms. The molecule has 1 unspecified atom stereocenters. The number of methoxy groups -OCH3 is 1. The molecule has 1 aromatic carbocycles. The summed E-state index contributed by atoms with van der Waals surface area (Å²) in [5.41, 5.74) is 6.28. The van der Waals surface area contributed by atoms with E-state index in [-0.39, 0.29) is 5.75 Å². The van der Waals surface area contributed by atoms with Crippen molar-refractivity contribution < 1.29 is 23.0 Å². The Labute approximate surface area is 120 Å². The molecule has 2 N–H and O–H groups in total. The average Bonchev–Trinajstić information content (AvgIpc) is 2.43. The van der Waals surface area contributed by atoms with E-state index in [9.17, 15) is 13.6 Å². The molecular weight excluding hydrogens is 288 g/mol. The zero-order chi connectivity index (χ0) is 15.0. The van der Waals surface area contributed by atoms with Crippen LogP contribution in [0.5, 0.6) is 5.75 Å². The Hall–Kier alpha value is -1.34. The number of ether oxygens (including phenoxy) is 2. The van der Waals surface area contributed by atoms with Crippen LogP contribution in [0.1, 0.15) is 12.0 Å². The maximum atomic E-state index is 12.2. The minimum atomic E-state index is -2.84. The number of alkyl halides is 2. The first-order chi connectivity index (χ1) is 9.54. The fourth-order valence-corrected chi connectivity index (χ4v) is 2.52. The third-order valence-corrected chi connectivity index (χ3v) is 3.56. The average molecular weight is 305 g/mol. The van der Waals surface area contributed by atoms with E-state index in [0.29, 0.717) is 23.5 Å². The summed E-state index contributed by atoms with van der Waals surface area (Å²) in [6, 6.07) is 5.97. The van der Waals surface area contributed by atoms with Gasteiger partial charge in [0, 0.05) is 11.3 Å². The molecule has 112 valence electrons. The van der Waals surface area contributed by atoms with Crippen LogP contribution in [-0.4, -0.2) is 31.5 Å². The first kappa shape index (κ1) is 16.7. The lowest BCUT2D eigenvalue weighted by atomic mass is 10.2. The van der Waals surface area contributed by atoms with Crippen molar-refractivity contribution in [3.63, 3.8) is 0 Å². The van der Waals surface area contributed by atoms with Gasteiger partial charge in [0.15, 0.2) is 0 Å². The summed E-state index contributed by atoms with van der Waals surface area (Å²) in [4.78, 5) is 11.1. The molecule has 20 heavy (non-hydrogen) atoms. The quantitative estimate of drug-likeness (QED) is 0.590. The Kier molecular flexibility index (Phi) is 7.32. The van der Waals surface area contributed by atoms with Gasteiger partial charge in [-0.3, -0.25) is 4.79 Å². The van der Waals surface area contributed by atoms with E-state index < -0.39 is 18.6 Å². The number of esters is 1. The molecule has 0 amide bonds. The van der Waals surface area contributed by atoms with Crippen LogP contribution in [0.3, 0.4) is 0 Å². The third kappa shape index (κ3) is 5.75. The van der Waals surface area contributed by atoms with Crippen molar-refractivity contribution >= 4 is 17.7 Å². The highest BCUT2D eigenvalue weighted by Crippen LogP contribution is 2.25. The molecule has 0 saturated carbocycles. The number of para-hydroxylation sites is 1. The lowest BCUT2D eigenvalue weighted by molar-refractivity contribution is -0.142. The Morgan fingerprint density at radius 1 is 1.40 bits per heavy atom. The second kappa shape index (κ2) is 8.76. The molecule has 0 aromatic heterocycles. The van der Waals surface area contributed by atoms with Gasteiger partial charge in [0.05, 0.1) is 7.11 Å². The SMILES string of the molecule is COC(=O)C(N)CCSCc1ccccc1OC(F)F. The summed E-state index contributed by atoms with van der Waals surface area (Å²) in [5.74, 6) is 0.857. The second-order valence-electron chi connectivity index (χ2n) is 3.96. The monoisotopic (exact) mass is 305 g/mol. The molecule has 1 aromatic rings. The van der Waals surface area contributed by atoms with E-state index in [4.69, 9.17) is 5.73 Å². The summed E-state index contributed by atoms with van der Waals surface area (Å²) >= 11 is 1.49. The first-order valence-electron chi connectivity index (χ1n) is 5.98. The van der Waals surface area contributed by atoms with Gasteiger partial charge in [0.25, 0.3) is 0 Å². The number of hydrogen-bond donors (Lipinski definition) is 1. The molecule has 0 saturated heterocycles. The molecule has 0 bridgehead atoms. The summed E-state index contributed by atoms with van der Waals surface area (Å²) in [7, 11) is 1.28. The van der Waals surface area contributed by atoms with Crippen molar-refractivity contribution in [1.82, 2.24) is 0 Å². The van der Waals surface area contributed by atoms with Gasteiger partial charge in [-0.1, -0.05) is 18.2 Å². The van der Waals surface area contributed by atoms with Crippen LogP contribution in [0.15, 0.2) is 24.3 Å². The molecule has 0 fully saturated rings. The van der Waals surface area contributed by atoms with Gasteiger partial charge >= 0.3 is 12.6 Å². The van der Waals surface area contributed by atoms with Gasteiger partial charge in [-0.15, -0.1) is 0 Å². The van der Waals surface area contributed by atoms with Crippen molar-refractivity contribution in [3.8, 4) is 5.75 Å². The lowest BCUT2D eigenvalue weighted by Crippen LogP contribution is -2.31. The summed E-state index contributed by atoms with van der Waals surface area (Å²) in [6.07, 6.45) is 0.467. The van der Waals surface area contributed by atoms with E-state index in [1.807, 2.05) is 0 Å². The Bertz CT molecular complexity index is 432. The molecule has 0 radical (unpaired) electrons. The minimum absolute atomic E-state index is 0.173. The van der Waals surface area contributed by atoms with Crippen LogP contribution >= 0.6 is 11.8 Å². The molecule has 7 heteroatoms. The van der Waals surface area contributed by atoms with Crippen LogP contribution in [-0.2, 0) is 15.3 Å². The lowest BCUT2D eigenvalue weighted by Gasteiger charge is -2.11. The highest BCUT2D eigenvalue weighted by Gasteiger charge is 2.13. The Balaban J connectivity index is 2.40. The standard InChI is InChI=1S/C13H17F2NO3S/c1-18-12(17)10(16)6-7-20-8-9-4-2-3-5-11(9)19-13(14)15/h2-5,10,13H,6-8,16H2,1H3. The number of carbonyl (C=O) groups is 1. The summed E-state index contributed by atoms with van der Waals surface area (Å²) in [5, 5.41) is 0. The van der Waals surface area contributed by atoms with Gasteiger partial charge in [-0.05, 0) is 18.2 Å². The predicted molar refractivity (Wildman–Crippen MR) is 73.8 cm³/mol. The first-order valence-corrected chi connectivity index (χ1v) is 7.14. The highest BCUT2D eigenvalue weighted by atomic mass is 32.2. The topological polar surface area (TPSA) is 61.5 Å². The van der Waals surface area contributed by atoms with Crippen molar-refractivity contribution in [2.45, 2.75) is 24.8 Å². The molecule has 0 aliphatic carbocycles.